The Hall–Kier alpha value is -1.49. The van der Waals surface area contributed by atoms with Crippen molar-refractivity contribution in [3.05, 3.63) is 35.4 Å². The second-order valence-corrected chi connectivity index (χ2v) is 4.12. The largest absolute Gasteiger partial charge is 0.466 e. The quantitative estimate of drug-likeness (QED) is 0.759. The number of carbonyl (C=O) groups is 1. The molecule has 0 saturated carbocycles. The summed E-state index contributed by atoms with van der Waals surface area (Å²) in [5.41, 5.74) is -0.101. The first-order valence-corrected chi connectivity index (χ1v) is 5.73. The molecule has 1 unspecified atom stereocenters. The molecule has 18 heavy (non-hydrogen) atoms. The number of rotatable bonds is 5. The van der Waals surface area contributed by atoms with Crippen molar-refractivity contribution in [3.63, 3.8) is 0 Å². The number of esters is 1. The van der Waals surface area contributed by atoms with Crippen molar-refractivity contribution in [1.29, 1.82) is 0 Å². The maximum Gasteiger partial charge on any atom is 0.307 e. The van der Waals surface area contributed by atoms with Gasteiger partial charge in [0, 0.05) is 5.56 Å². The highest BCUT2D eigenvalue weighted by molar-refractivity contribution is 5.70. The van der Waals surface area contributed by atoms with E-state index in [1.807, 2.05) is 0 Å². The summed E-state index contributed by atoms with van der Waals surface area (Å²) in [6.45, 7) is 1.94. The van der Waals surface area contributed by atoms with Gasteiger partial charge in [-0.05, 0) is 33.2 Å². The number of benzene rings is 1. The van der Waals surface area contributed by atoms with E-state index in [1.54, 1.807) is 25.9 Å². The lowest BCUT2D eigenvalue weighted by Gasteiger charge is -2.24. The molecule has 0 aliphatic heterocycles. The molecule has 0 spiro atoms. The zero-order chi connectivity index (χ0) is 13.7. The van der Waals surface area contributed by atoms with Crippen molar-refractivity contribution in [2.75, 3.05) is 20.7 Å². The fourth-order valence-corrected chi connectivity index (χ4v) is 1.75. The number of hydrogen-bond acceptors (Lipinski definition) is 3. The van der Waals surface area contributed by atoms with Crippen molar-refractivity contribution in [3.8, 4) is 0 Å². The van der Waals surface area contributed by atoms with Crippen LogP contribution in [0, 0.1) is 11.6 Å². The van der Waals surface area contributed by atoms with Gasteiger partial charge in [-0.25, -0.2) is 8.78 Å². The predicted molar refractivity (Wildman–Crippen MR) is 64.0 cm³/mol. The Kier molecular flexibility index (Phi) is 5.22. The lowest BCUT2D eigenvalue weighted by molar-refractivity contribution is -0.144. The second-order valence-electron chi connectivity index (χ2n) is 4.12. The van der Waals surface area contributed by atoms with Crippen molar-refractivity contribution in [2.24, 2.45) is 0 Å². The van der Waals surface area contributed by atoms with Crippen molar-refractivity contribution < 1.29 is 18.3 Å². The van der Waals surface area contributed by atoms with Gasteiger partial charge in [0.05, 0.1) is 19.1 Å². The van der Waals surface area contributed by atoms with Crippen LogP contribution < -0.4 is 0 Å². The maximum atomic E-state index is 13.7. The van der Waals surface area contributed by atoms with Crippen LogP contribution in [0.3, 0.4) is 0 Å². The first-order valence-electron chi connectivity index (χ1n) is 5.73. The van der Waals surface area contributed by atoms with Gasteiger partial charge in [0.15, 0.2) is 0 Å². The van der Waals surface area contributed by atoms with Gasteiger partial charge in [-0.3, -0.25) is 4.79 Å². The topological polar surface area (TPSA) is 29.5 Å². The van der Waals surface area contributed by atoms with Gasteiger partial charge in [0.25, 0.3) is 0 Å². The maximum absolute atomic E-state index is 13.7. The van der Waals surface area contributed by atoms with Crippen LogP contribution in [-0.4, -0.2) is 31.6 Å². The van der Waals surface area contributed by atoms with Crippen LogP contribution in [0.1, 0.15) is 24.9 Å². The summed E-state index contributed by atoms with van der Waals surface area (Å²) in [7, 11) is 3.32. The molecular weight excluding hydrogens is 240 g/mol. The minimum atomic E-state index is -0.676. The minimum Gasteiger partial charge on any atom is -0.466 e. The van der Waals surface area contributed by atoms with Gasteiger partial charge < -0.3 is 9.64 Å². The van der Waals surface area contributed by atoms with E-state index in [-0.39, 0.29) is 18.6 Å². The third-order valence-corrected chi connectivity index (χ3v) is 2.62. The first kappa shape index (κ1) is 14.6. The van der Waals surface area contributed by atoms with E-state index in [9.17, 15) is 13.6 Å². The van der Waals surface area contributed by atoms with E-state index in [0.717, 1.165) is 0 Å². The van der Waals surface area contributed by atoms with E-state index >= 15 is 0 Å². The molecule has 1 atom stereocenters. The molecule has 0 amide bonds. The molecule has 1 rings (SSSR count). The molecule has 3 nitrogen and oxygen atoms in total. The SMILES string of the molecule is CCOC(=O)CC(c1c(F)cccc1F)N(C)C. The van der Waals surface area contributed by atoms with Gasteiger partial charge in [-0.1, -0.05) is 6.07 Å². The predicted octanol–water partition coefficient (Wildman–Crippen LogP) is 2.52. The highest BCUT2D eigenvalue weighted by Crippen LogP contribution is 2.27. The van der Waals surface area contributed by atoms with Crippen molar-refractivity contribution >= 4 is 5.97 Å². The molecule has 0 bridgehead atoms. The Bertz CT molecular complexity index is 401. The van der Waals surface area contributed by atoms with Crippen LogP contribution in [0.5, 0.6) is 0 Å². The van der Waals surface area contributed by atoms with E-state index in [0.29, 0.717) is 0 Å². The van der Waals surface area contributed by atoms with Gasteiger partial charge >= 0.3 is 5.97 Å². The molecule has 0 fully saturated rings. The van der Waals surface area contributed by atoms with Crippen LogP contribution >= 0.6 is 0 Å². The van der Waals surface area contributed by atoms with Crippen molar-refractivity contribution in [1.82, 2.24) is 4.90 Å². The second kappa shape index (κ2) is 6.44. The van der Waals surface area contributed by atoms with Crippen LogP contribution in [-0.2, 0) is 9.53 Å². The average molecular weight is 257 g/mol. The third kappa shape index (κ3) is 3.50. The molecule has 1 aromatic rings. The van der Waals surface area contributed by atoms with Crippen LogP contribution in [0.15, 0.2) is 18.2 Å². The lowest BCUT2D eigenvalue weighted by Crippen LogP contribution is -2.25. The monoisotopic (exact) mass is 257 g/mol. The third-order valence-electron chi connectivity index (χ3n) is 2.62. The lowest BCUT2D eigenvalue weighted by atomic mass is 10.0. The molecule has 0 radical (unpaired) electrons. The smallest absolute Gasteiger partial charge is 0.307 e. The average Bonchev–Trinajstić information content (AvgIpc) is 2.27. The van der Waals surface area contributed by atoms with Gasteiger partial charge in [0.2, 0.25) is 0 Å². The van der Waals surface area contributed by atoms with Gasteiger partial charge in [0.1, 0.15) is 11.6 Å². The van der Waals surface area contributed by atoms with Gasteiger partial charge in [-0.15, -0.1) is 0 Å². The fraction of sp³-hybridized carbons (Fsp3) is 0.462. The molecule has 0 heterocycles. The first-order chi connectivity index (χ1) is 8.47. The number of nitrogens with zero attached hydrogens (tertiary/aromatic N) is 1. The molecule has 5 heteroatoms. The molecule has 1 aromatic carbocycles. The van der Waals surface area contributed by atoms with Crippen LogP contribution in [0.2, 0.25) is 0 Å². The summed E-state index contributed by atoms with van der Waals surface area (Å²) in [5, 5.41) is 0. The fourth-order valence-electron chi connectivity index (χ4n) is 1.75. The Morgan fingerprint density at radius 3 is 2.33 bits per heavy atom. The number of halogens is 2. The summed E-state index contributed by atoms with van der Waals surface area (Å²) in [6, 6.07) is 2.98. The minimum absolute atomic E-state index is 0.0846. The normalized spacial score (nSPS) is 12.6. The molecular formula is C13H17F2NO2. The highest BCUT2D eigenvalue weighted by Gasteiger charge is 2.25. The Balaban J connectivity index is 3.01. The summed E-state index contributed by atoms with van der Waals surface area (Å²) in [5.74, 6) is -1.78. The molecule has 100 valence electrons. The number of ether oxygens (including phenoxy) is 1. The Labute approximate surface area is 105 Å². The molecule has 0 aliphatic rings. The number of hydrogen-bond donors (Lipinski definition) is 0. The molecule has 0 saturated heterocycles. The summed E-state index contributed by atoms with van der Waals surface area (Å²) >= 11 is 0. The summed E-state index contributed by atoms with van der Waals surface area (Å²) < 4.78 is 32.2. The molecule has 0 N–H and O–H groups in total. The standard InChI is InChI=1S/C13H17F2NO2/c1-4-18-12(17)8-11(16(2)3)13-9(14)6-5-7-10(13)15/h5-7,11H,4,8H2,1-3H3. The zero-order valence-corrected chi connectivity index (χ0v) is 10.7. The summed E-state index contributed by atoms with van der Waals surface area (Å²) in [6.07, 6.45) is -0.0846. The highest BCUT2D eigenvalue weighted by atomic mass is 19.1. The van der Waals surface area contributed by atoms with Crippen LogP contribution in [0.25, 0.3) is 0 Å². The van der Waals surface area contributed by atoms with E-state index in [4.69, 9.17) is 4.74 Å². The van der Waals surface area contributed by atoms with E-state index < -0.39 is 23.6 Å². The summed E-state index contributed by atoms with van der Waals surface area (Å²) in [4.78, 5) is 13.1. The molecule has 0 aliphatic carbocycles. The van der Waals surface area contributed by atoms with Gasteiger partial charge in [-0.2, -0.15) is 0 Å². The van der Waals surface area contributed by atoms with E-state index in [2.05, 4.69) is 0 Å². The van der Waals surface area contributed by atoms with E-state index in [1.165, 1.54) is 18.2 Å². The number of carbonyl (C=O) groups excluding carboxylic acids is 1. The Morgan fingerprint density at radius 1 is 1.33 bits per heavy atom. The Morgan fingerprint density at radius 2 is 1.89 bits per heavy atom. The zero-order valence-electron chi connectivity index (χ0n) is 10.7. The van der Waals surface area contributed by atoms with Crippen molar-refractivity contribution in [2.45, 2.75) is 19.4 Å². The molecule has 0 aromatic heterocycles. The van der Waals surface area contributed by atoms with Crippen LogP contribution in [0.4, 0.5) is 8.78 Å².